The maximum Gasteiger partial charge on any atom is 0.153 e. The topological polar surface area (TPSA) is 29.3 Å². The Morgan fingerprint density at radius 1 is 0.525 bits per heavy atom. The van der Waals surface area contributed by atoms with Gasteiger partial charge in [-0.1, -0.05) is 176 Å². The smallest absolute Gasteiger partial charge is 0.153 e. The molecule has 0 aliphatic heterocycles. The normalized spacial score (nSPS) is 13.9. The molecule has 0 unspecified atom stereocenters. The molecule has 3 nitrogen and oxygen atoms in total. The van der Waals surface area contributed by atoms with E-state index < -0.39 is 5.41 Å². The van der Waals surface area contributed by atoms with Crippen molar-refractivity contribution in [1.82, 2.24) is 4.98 Å². The average molecular weight is 781 g/mol. The summed E-state index contributed by atoms with van der Waals surface area (Å²) in [6.45, 7) is 0. The second kappa shape index (κ2) is 14.2. The molecule has 0 fully saturated rings. The van der Waals surface area contributed by atoms with Gasteiger partial charge in [0.2, 0.25) is 0 Å². The number of aromatic nitrogens is 1. The van der Waals surface area contributed by atoms with Crippen LogP contribution in [0.4, 0.5) is 17.2 Å². The minimum Gasteiger partial charge on any atom is -0.454 e. The van der Waals surface area contributed by atoms with Crippen LogP contribution in [0, 0.1) is 0 Å². The van der Waals surface area contributed by atoms with Crippen molar-refractivity contribution in [2.45, 2.75) is 18.3 Å². The number of nitrogens with zero attached hydrogens (tertiary/aromatic N) is 2. The number of fused-ring (bicyclic) bond motifs is 8. The van der Waals surface area contributed by atoms with E-state index in [1.54, 1.807) is 0 Å². The maximum atomic E-state index is 6.50. The van der Waals surface area contributed by atoms with Gasteiger partial charge in [0.15, 0.2) is 5.58 Å². The van der Waals surface area contributed by atoms with E-state index in [0.29, 0.717) is 0 Å². The molecule has 8 aromatic carbocycles. The van der Waals surface area contributed by atoms with Crippen molar-refractivity contribution < 1.29 is 4.42 Å². The summed E-state index contributed by atoms with van der Waals surface area (Å²) in [6, 6.07) is 70.9. The summed E-state index contributed by atoms with van der Waals surface area (Å²) in [7, 11) is 0. The number of benzene rings is 8. The monoisotopic (exact) mass is 780 g/mol. The lowest BCUT2D eigenvalue weighted by Crippen LogP contribution is -2.28. The first-order chi connectivity index (χ1) is 30.3. The first-order valence-corrected chi connectivity index (χ1v) is 21.2. The molecule has 0 spiro atoms. The van der Waals surface area contributed by atoms with E-state index in [9.17, 15) is 0 Å². The number of hydrogen-bond donors (Lipinski definition) is 0. The summed E-state index contributed by atoms with van der Waals surface area (Å²) in [6.07, 6.45) is 10.7. The highest BCUT2D eigenvalue weighted by Crippen LogP contribution is 2.59. The molecule has 0 atom stereocenters. The van der Waals surface area contributed by atoms with E-state index in [2.05, 4.69) is 217 Å². The molecule has 2 aromatic heterocycles. The summed E-state index contributed by atoms with van der Waals surface area (Å²) in [5.41, 5.74) is 15.5. The van der Waals surface area contributed by atoms with Gasteiger partial charge in [0.25, 0.3) is 0 Å². The van der Waals surface area contributed by atoms with Crippen molar-refractivity contribution in [3.05, 3.63) is 246 Å². The third-order valence-electron chi connectivity index (χ3n) is 12.9. The molecule has 61 heavy (non-hydrogen) atoms. The van der Waals surface area contributed by atoms with Crippen molar-refractivity contribution in [2.24, 2.45) is 0 Å². The van der Waals surface area contributed by atoms with Crippen molar-refractivity contribution in [1.29, 1.82) is 0 Å². The van der Waals surface area contributed by atoms with Gasteiger partial charge in [-0.05, 0) is 110 Å². The van der Waals surface area contributed by atoms with Crippen LogP contribution in [-0.2, 0) is 5.41 Å². The van der Waals surface area contributed by atoms with E-state index in [0.717, 1.165) is 63.1 Å². The molecule has 2 aliphatic rings. The molecule has 0 N–H and O–H groups in total. The van der Waals surface area contributed by atoms with Gasteiger partial charge in [-0.15, -0.1) is 0 Å². The van der Waals surface area contributed by atoms with Gasteiger partial charge >= 0.3 is 0 Å². The van der Waals surface area contributed by atoms with Gasteiger partial charge in [0, 0.05) is 22.0 Å². The van der Waals surface area contributed by atoms with Crippen LogP contribution in [0.15, 0.2) is 223 Å². The zero-order valence-corrected chi connectivity index (χ0v) is 33.5. The Hall–Kier alpha value is -7.75. The van der Waals surface area contributed by atoms with Crippen LogP contribution in [0.5, 0.6) is 0 Å². The summed E-state index contributed by atoms with van der Waals surface area (Å²) in [4.78, 5) is 7.62. The highest BCUT2D eigenvalue weighted by atomic mass is 16.3. The maximum absolute atomic E-state index is 6.50. The van der Waals surface area contributed by atoms with Gasteiger partial charge in [-0.25, -0.2) is 4.98 Å². The summed E-state index contributed by atoms with van der Waals surface area (Å²) < 4.78 is 6.50. The van der Waals surface area contributed by atoms with E-state index in [1.165, 1.54) is 55.3 Å². The largest absolute Gasteiger partial charge is 0.454 e. The van der Waals surface area contributed by atoms with Crippen molar-refractivity contribution in [3.63, 3.8) is 0 Å². The van der Waals surface area contributed by atoms with Crippen LogP contribution in [0.3, 0.4) is 0 Å². The Morgan fingerprint density at radius 3 is 1.98 bits per heavy atom. The highest BCUT2D eigenvalue weighted by Gasteiger charge is 2.46. The molecule has 2 aliphatic carbocycles. The van der Waals surface area contributed by atoms with E-state index in [1.807, 2.05) is 6.20 Å². The van der Waals surface area contributed by atoms with E-state index in [4.69, 9.17) is 9.40 Å². The first-order valence-electron chi connectivity index (χ1n) is 21.2. The molecule has 12 rings (SSSR count). The fourth-order valence-electron chi connectivity index (χ4n) is 10.1. The molecule has 0 saturated heterocycles. The number of anilines is 3. The van der Waals surface area contributed by atoms with Crippen molar-refractivity contribution in [2.75, 3.05) is 4.90 Å². The van der Waals surface area contributed by atoms with Gasteiger partial charge in [0.1, 0.15) is 11.4 Å². The molecular weight excluding hydrogens is 741 g/mol. The summed E-state index contributed by atoms with van der Waals surface area (Å²) in [5, 5.41) is 4.49. The molecule has 2 heterocycles. The second-order valence-corrected chi connectivity index (χ2v) is 16.2. The average Bonchev–Trinajstić information content (AvgIpc) is 3.86. The Kier molecular flexibility index (Phi) is 8.21. The number of allylic oxidation sites excluding steroid dienone is 4. The quantitative estimate of drug-likeness (QED) is 0.161. The zero-order valence-electron chi connectivity index (χ0n) is 33.5. The Bertz CT molecular complexity index is 3300. The minimum absolute atomic E-state index is 0.543. The van der Waals surface area contributed by atoms with Crippen LogP contribution in [0.1, 0.15) is 40.7 Å². The molecule has 10 aromatic rings. The van der Waals surface area contributed by atoms with Crippen LogP contribution in [0.2, 0.25) is 0 Å². The van der Waals surface area contributed by atoms with Gasteiger partial charge in [-0.2, -0.15) is 0 Å². The second-order valence-electron chi connectivity index (χ2n) is 16.2. The lowest BCUT2D eigenvalue weighted by Gasteiger charge is -2.35. The predicted molar refractivity (Wildman–Crippen MR) is 253 cm³/mol. The van der Waals surface area contributed by atoms with Gasteiger partial charge < -0.3 is 4.42 Å². The third-order valence-corrected chi connectivity index (χ3v) is 12.9. The third kappa shape index (κ3) is 5.55. The number of hydrogen-bond acceptors (Lipinski definition) is 3. The van der Waals surface area contributed by atoms with Gasteiger partial charge in [0.05, 0.1) is 17.3 Å². The van der Waals surface area contributed by atoms with E-state index in [-0.39, 0.29) is 0 Å². The molecular formula is C58H40N2O. The molecule has 0 saturated carbocycles. The molecule has 3 heteroatoms. The Morgan fingerprint density at radius 2 is 1.23 bits per heavy atom. The number of rotatable bonds is 7. The van der Waals surface area contributed by atoms with Crippen molar-refractivity contribution in [3.8, 4) is 22.3 Å². The van der Waals surface area contributed by atoms with Crippen LogP contribution >= 0.6 is 0 Å². The molecule has 288 valence electrons. The summed E-state index contributed by atoms with van der Waals surface area (Å²) >= 11 is 0. The molecule has 0 amide bonds. The number of furan rings is 1. The fourth-order valence-corrected chi connectivity index (χ4v) is 10.1. The predicted octanol–water partition coefficient (Wildman–Crippen LogP) is 15.4. The Labute approximate surface area is 355 Å². The minimum atomic E-state index is -0.543. The lowest BCUT2D eigenvalue weighted by atomic mass is 9.67. The lowest BCUT2D eigenvalue weighted by molar-refractivity contribution is 0.667. The standard InChI is InChI=1S/C58H40N2O/c1-5-17-39(18-6-1)40-29-32-45(33-30-40)60(56-37-50-55(38-59-56)61-54-34-31-42-21-13-14-26-46(42)57(50)54)53-36-49-47-27-15-16-28-51(47)58(43-22-9-3-10-23-43,44-24-11-4-12-25-44)52(49)35-48(53)41-19-7-2-8-20-41/h1-5,7-17,19-38H,6,18H2. The SMILES string of the molecule is C1=CCCC(c2ccc(N(c3cc4c(cn3)oc3ccc5ccccc5c34)c3cc4c(cc3-c3ccccc3)C(c3ccccc3)(c3ccccc3)c3ccccc3-4)cc2)=C1. The first kappa shape index (κ1) is 35.2. The van der Waals surface area contributed by atoms with Crippen molar-refractivity contribution >= 4 is 55.5 Å². The Balaban J connectivity index is 1.17. The summed E-state index contributed by atoms with van der Waals surface area (Å²) in [5.74, 6) is 0.816. The zero-order chi connectivity index (χ0) is 40.3. The van der Waals surface area contributed by atoms with Crippen LogP contribution < -0.4 is 4.90 Å². The fraction of sp³-hybridized carbons (Fsp3) is 0.0517. The molecule has 0 radical (unpaired) electrons. The van der Waals surface area contributed by atoms with Gasteiger partial charge in [-0.3, -0.25) is 4.90 Å². The number of pyridine rings is 1. The highest BCUT2D eigenvalue weighted by molar-refractivity contribution is 6.19. The van der Waals surface area contributed by atoms with Crippen LogP contribution in [0.25, 0.3) is 60.5 Å². The molecule has 0 bridgehead atoms. The van der Waals surface area contributed by atoms with Crippen LogP contribution in [-0.4, -0.2) is 4.98 Å². The van der Waals surface area contributed by atoms with E-state index >= 15 is 0 Å².